The van der Waals surface area contributed by atoms with Crippen LogP contribution in [0.15, 0.2) is 53.2 Å². The number of carbonyl (C=O) groups is 1. The van der Waals surface area contributed by atoms with E-state index in [1.807, 2.05) is 24.3 Å². The van der Waals surface area contributed by atoms with Crippen molar-refractivity contribution in [2.24, 2.45) is 10.7 Å². The van der Waals surface area contributed by atoms with E-state index in [0.717, 1.165) is 11.4 Å². The van der Waals surface area contributed by atoms with Gasteiger partial charge in [0.15, 0.2) is 5.78 Å². The molecule has 6 N–H and O–H groups in total. The Balaban J connectivity index is 1.85. The number of benzene rings is 1. The van der Waals surface area contributed by atoms with E-state index < -0.39 is 0 Å². The van der Waals surface area contributed by atoms with E-state index in [-0.39, 0.29) is 36.7 Å². The Morgan fingerprint density at radius 3 is 2.30 bits per heavy atom. The number of ketones is 1. The number of aliphatic hydroxyl groups excluding tert-OH is 2. The molecule has 0 unspecified atom stereocenters. The van der Waals surface area contributed by atoms with Crippen molar-refractivity contribution in [1.82, 2.24) is 0 Å². The molecule has 0 fully saturated rings. The monoisotopic (exact) mass is 375 g/mol. The first-order valence-corrected chi connectivity index (χ1v) is 8.88. The van der Waals surface area contributed by atoms with Crippen LogP contribution in [0.25, 0.3) is 0 Å². The predicted molar refractivity (Wildman–Crippen MR) is 104 cm³/mol. The number of hydrogen-bond acceptors (Lipinski definition) is 7. The number of hydrogen-bond donors (Lipinski definition) is 5. The zero-order valence-corrected chi connectivity index (χ0v) is 15.2. The fourth-order valence-corrected chi connectivity index (χ4v) is 2.74. The highest BCUT2D eigenvalue weighted by Crippen LogP contribution is 2.18. The van der Waals surface area contributed by atoms with E-state index in [2.05, 4.69) is 10.3 Å². The summed E-state index contributed by atoms with van der Waals surface area (Å²) in [5.41, 5.74) is 8.34. The molecule has 8 nitrogen and oxygen atoms in total. The third-order valence-electron chi connectivity index (χ3n) is 4.23. The summed E-state index contributed by atoms with van der Waals surface area (Å²) >= 11 is 0. The lowest BCUT2D eigenvalue weighted by Gasteiger charge is -2.28. The van der Waals surface area contributed by atoms with Crippen LogP contribution in [-0.2, 0) is 4.79 Å². The molecule has 1 aromatic carbocycles. The highest BCUT2D eigenvalue weighted by molar-refractivity contribution is 6.19. The van der Waals surface area contributed by atoms with Crippen molar-refractivity contribution in [1.29, 1.82) is 0 Å². The Bertz CT molecular complexity index is 720. The van der Waals surface area contributed by atoms with E-state index in [1.165, 1.54) is 12.2 Å². The third kappa shape index (κ3) is 6.61. The van der Waals surface area contributed by atoms with Crippen molar-refractivity contribution in [3.63, 3.8) is 0 Å². The summed E-state index contributed by atoms with van der Waals surface area (Å²) in [6, 6.07) is 7.46. The molecule has 27 heavy (non-hydrogen) atoms. The summed E-state index contributed by atoms with van der Waals surface area (Å²) in [5.74, 6) is -0.144. The molecule has 1 aliphatic carbocycles. The lowest BCUT2D eigenvalue weighted by Crippen LogP contribution is -2.49. The average molecular weight is 375 g/mol. The first-order chi connectivity index (χ1) is 13.0. The number of rotatable bonds is 10. The van der Waals surface area contributed by atoms with Crippen molar-refractivity contribution in [3.8, 4) is 0 Å². The van der Waals surface area contributed by atoms with E-state index >= 15 is 0 Å². The van der Waals surface area contributed by atoms with Crippen LogP contribution in [0.3, 0.4) is 0 Å². The van der Waals surface area contributed by atoms with Crippen molar-refractivity contribution >= 4 is 22.9 Å². The van der Waals surface area contributed by atoms with Crippen LogP contribution in [0.1, 0.15) is 6.42 Å². The highest BCUT2D eigenvalue weighted by Gasteiger charge is 2.23. The number of carbonyl (C=O) groups excluding carboxylic acids is 1. The molecule has 0 bridgehead atoms. The second kappa shape index (κ2) is 9.98. The van der Waals surface area contributed by atoms with Crippen LogP contribution in [-0.4, -0.2) is 71.0 Å². The molecule has 0 radical (unpaired) electrons. The van der Waals surface area contributed by atoms with Gasteiger partial charge in [-0.3, -0.25) is 4.79 Å². The van der Waals surface area contributed by atoms with Crippen molar-refractivity contribution in [3.05, 3.63) is 48.2 Å². The number of hydroxylamine groups is 3. The number of aliphatic hydroxyl groups is 2. The van der Waals surface area contributed by atoms with Crippen LogP contribution >= 0.6 is 0 Å². The number of nitrogens with zero attached hydrogens (tertiary/aromatic N) is 2. The first-order valence-electron chi connectivity index (χ1n) is 8.88. The topological polar surface area (TPSA) is 128 Å². The van der Waals surface area contributed by atoms with Crippen LogP contribution in [0.4, 0.5) is 11.4 Å². The Hall–Kier alpha value is -2.52. The quantitative estimate of drug-likeness (QED) is 0.178. The summed E-state index contributed by atoms with van der Waals surface area (Å²) in [7, 11) is 0. The van der Waals surface area contributed by atoms with Gasteiger partial charge in [-0.05, 0) is 36.4 Å². The zero-order chi connectivity index (χ0) is 19.7. The normalized spacial score (nSPS) is 15.9. The van der Waals surface area contributed by atoms with E-state index in [9.17, 15) is 10.0 Å². The highest BCUT2D eigenvalue weighted by atomic mass is 16.5. The lowest BCUT2D eigenvalue weighted by molar-refractivity contribution is -1.10. The van der Waals surface area contributed by atoms with Crippen LogP contribution in [0, 0.1) is 0 Å². The summed E-state index contributed by atoms with van der Waals surface area (Å²) in [4.78, 5) is 15.6. The summed E-state index contributed by atoms with van der Waals surface area (Å²) < 4.78 is -0.337. The minimum atomic E-state index is -0.337. The minimum absolute atomic E-state index is 0.128. The summed E-state index contributed by atoms with van der Waals surface area (Å²) in [6.07, 6.45) is 5.06. The number of quaternary nitrogens is 1. The molecule has 1 aliphatic rings. The standard InChI is InChI=1S/C19H26N4O4/c20-18-14-17(26)6-7-19(18)22-16-4-2-15(3-5-16)21-8-1-9-23(27,10-12-24)11-13-25/h2-7,14,24-25,27H,1,8-13H2,(H2-,20,21,26)/p+1. The molecule has 1 aromatic rings. The Morgan fingerprint density at radius 1 is 1.04 bits per heavy atom. The molecule has 0 saturated carbocycles. The molecule has 0 saturated heterocycles. The molecule has 8 heteroatoms. The largest absolute Gasteiger partial charge is 0.397 e. The molecule has 0 amide bonds. The lowest BCUT2D eigenvalue weighted by atomic mass is 10.1. The second-order valence-corrected chi connectivity index (χ2v) is 6.37. The van der Waals surface area contributed by atoms with Gasteiger partial charge in [-0.25, -0.2) is 10.2 Å². The third-order valence-corrected chi connectivity index (χ3v) is 4.23. The van der Waals surface area contributed by atoms with Crippen LogP contribution in [0.5, 0.6) is 0 Å². The van der Waals surface area contributed by atoms with Crippen LogP contribution in [0.2, 0.25) is 0 Å². The van der Waals surface area contributed by atoms with Crippen molar-refractivity contribution < 1.29 is 24.9 Å². The van der Waals surface area contributed by atoms with Crippen molar-refractivity contribution in [2.75, 3.05) is 44.7 Å². The molecule has 2 rings (SSSR count). The maximum Gasteiger partial charge on any atom is 0.180 e. The van der Waals surface area contributed by atoms with Gasteiger partial charge in [-0.15, -0.1) is 0 Å². The van der Waals surface area contributed by atoms with Gasteiger partial charge in [0.2, 0.25) is 0 Å². The molecular formula is C19H27N4O4+. The molecular weight excluding hydrogens is 348 g/mol. The Morgan fingerprint density at radius 2 is 1.70 bits per heavy atom. The maximum atomic E-state index is 11.2. The molecule has 0 spiro atoms. The fourth-order valence-electron chi connectivity index (χ4n) is 2.74. The molecule has 0 atom stereocenters. The molecule has 146 valence electrons. The van der Waals surface area contributed by atoms with Gasteiger partial charge in [0.1, 0.15) is 19.6 Å². The number of nitrogens with one attached hydrogen (secondary N) is 1. The Kier molecular flexibility index (Phi) is 7.68. The van der Waals surface area contributed by atoms with Gasteiger partial charge in [0, 0.05) is 24.7 Å². The number of aliphatic imine (C=N–C) groups is 1. The van der Waals surface area contributed by atoms with Crippen molar-refractivity contribution in [2.45, 2.75) is 6.42 Å². The van der Waals surface area contributed by atoms with E-state index in [0.29, 0.717) is 30.9 Å². The predicted octanol–water partition coefficient (Wildman–Crippen LogP) is 0.733. The van der Waals surface area contributed by atoms with Crippen LogP contribution < -0.4 is 11.1 Å². The zero-order valence-electron chi connectivity index (χ0n) is 15.2. The SMILES string of the molecule is NC1=CC(=O)C=CC1=Nc1ccc(NCCC[N+](O)(CCO)CCO)cc1. The number of anilines is 1. The van der Waals surface area contributed by atoms with Gasteiger partial charge in [-0.1, -0.05) is 0 Å². The van der Waals surface area contributed by atoms with E-state index in [4.69, 9.17) is 15.9 Å². The average Bonchev–Trinajstić information content (AvgIpc) is 2.63. The smallest absolute Gasteiger partial charge is 0.180 e. The van der Waals surface area contributed by atoms with E-state index in [1.54, 1.807) is 6.08 Å². The first kappa shape index (κ1) is 20.8. The molecule has 0 aromatic heterocycles. The summed E-state index contributed by atoms with van der Waals surface area (Å²) in [5, 5.41) is 31.6. The van der Waals surface area contributed by atoms with Gasteiger partial charge in [0.05, 0.1) is 30.3 Å². The minimum Gasteiger partial charge on any atom is -0.397 e. The number of nitrogens with two attached hydrogens (primary N) is 1. The maximum absolute atomic E-state index is 11.2. The van der Waals surface area contributed by atoms with Gasteiger partial charge in [0.25, 0.3) is 0 Å². The van der Waals surface area contributed by atoms with Gasteiger partial charge < -0.3 is 21.3 Å². The summed E-state index contributed by atoms with van der Waals surface area (Å²) in [6.45, 7) is 1.23. The van der Waals surface area contributed by atoms with Gasteiger partial charge >= 0.3 is 0 Å². The fraction of sp³-hybridized carbons (Fsp3) is 0.368. The number of allylic oxidation sites excluding steroid dienone is 3. The molecule has 0 aliphatic heterocycles. The molecule has 0 heterocycles. The second-order valence-electron chi connectivity index (χ2n) is 6.37. The van der Waals surface area contributed by atoms with Gasteiger partial charge in [-0.2, -0.15) is 4.65 Å². The Labute approximate surface area is 158 Å².